The molecule has 0 radical (unpaired) electrons. The molecule has 4 heteroatoms. The van der Waals surface area contributed by atoms with Gasteiger partial charge in [0.1, 0.15) is 5.82 Å². The minimum atomic E-state index is -0.281. The van der Waals surface area contributed by atoms with Gasteiger partial charge in [0.2, 0.25) is 0 Å². The molecule has 1 aliphatic rings. The minimum absolute atomic E-state index is 0.281. The van der Waals surface area contributed by atoms with Crippen LogP contribution in [0.3, 0.4) is 0 Å². The summed E-state index contributed by atoms with van der Waals surface area (Å²) in [6.45, 7) is 3.73. The molecule has 0 spiro atoms. The Morgan fingerprint density at radius 1 is 1.39 bits per heavy atom. The van der Waals surface area contributed by atoms with E-state index in [2.05, 4.69) is 27.5 Å². The zero-order chi connectivity index (χ0) is 12.9. The van der Waals surface area contributed by atoms with Crippen molar-refractivity contribution in [2.75, 3.05) is 0 Å². The summed E-state index contributed by atoms with van der Waals surface area (Å²) in [6.07, 6.45) is 4.35. The van der Waals surface area contributed by atoms with Crippen molar-refractivity contribution in [1.29, 1.82) is 0 Å². The standard InChI is InChI=1S/C14H14BrFN2/c1-7(17)9-6-10(16)13(15)12-8-4-2-3-5-11(8)18-14(9)12/h6,18H,1-5,17H2. The number of nitrogens with two attached hydrogens (primary N) is 1. The van der Waals surface area contributed by atoms with Crippen molar-refractivity contribution in [3.63, 3.8) is 0 Å². The van der Waals surface area contributed by atoms with Gasteiger partial charge < -0.3 is 10.7 Å². The van der Waals surface area contributed by atoms with Crippen LogP contribution in [-0.2, 0) is 12.8 Å². The quantitative estimate of drug-likeness (QED) is 0.825. The van der Waals surface area contributed by atoms with Gasteiger partial charge in [0.25, 0.3) is 0 Å². The third-order valence-corrected chi connectivity index (χ3v) is 4.39. The molecule has 0 amide bonds. The molecule has 0 unspecified atom stereocenters. The molecule has 0 saturated heterocycles. The predicted molar refractivity (Wildman–Crippen MR) is 75.8 cm³/mol. The number of fused-ring (bicyclic) bond motifs is 3. The van der Waals surface area contributed by atoms with Gasteiger partial charge in [-0.3, -0.25) is 0 Å². The Bertz CT molecular complexity index is 658. The van der Waals surface area contributed by atoms with Crippen LogP contribution in [-0.4, -0.2) is 4.98 Å². The zero-order valence-corrected chi connectivity index (χ0v) is 11.5. The van der Waals surface area contributed by atoms with E-state index in [0.29, 0.717) is 15.7 Å². The molecule has 1 aliphatic carbocycles. The van der Waals surface area contributed by atoms with Gasteiger partial charge in [-0.05, 0) is 53.2 Å². The summed E-state index contributed by atoms with van der Waals surface area (Å²) in [7, 11) is 0. The third-order valence-electron chi connectivity index (χ3n) is 3.61. The molecule has 94 valence electrons. The van der Waals surface area contributed by atoms with E-state index < -0.39 is 0 Å². The fourth-order valence-electron chi connectivity index (χ4n) is 2.76. The van der Waals surface area contributed by atoms with Gasteiger partial charge in [0.05, 0.1) is 9.99 Å². The lowest BCUT2D eigenvalue weighted by molar-refractivity contribution is 0.622. The summed E-state index contributed by atoms with van der Waals surface area (Å²) in [4.78, 5) is 3.40. The van der Waals surface area contributed by atoms with Crippen LogP contribution in [0.15, 0.2) is 17.1 Å². The van der Waals surface area contributed by atoms with Crippen molar-refractivity contribution in [2.45, 2.75) is 25.7 Å². The topological polar surface area (TPSA) is 41.8 Å². The van der Waals surface area contributed by atoms with Crippen LogP contribution in [0.5, 0.6) is 0 Å². The molecule has 0 aliphatic heterocycles. The number of halogens is 2. The van der Waals surface area contributed by atoms with Crippen LogP contribution in [0.1, 0.15) is 29.7 Å². The Labute approximate surface area is 113 Å². The first-order valence-electron chi connectivity index (χ1n) is 6.05. The molecule has 2 nitrogen and oxygen atoms in total. The number of nitrogens with one attached hydrogen (secondary N) is 1. The molecule has 0 bridgehead atoms. The highest BCUT2D eigenvalue weighted by molar-refractivity contribution is 9.10. The summed E-state index contributed by atoms with van der Waals surface area (Å²) < 4.78 is 14.5. The first kappa shape index (κ1) is 11.8. The Morgan fingerprint density at radius 2 is 2.11 bits per heavy atom. The molecule has 18 heavy (non-hydrogen) atoms. The first-order chi connectivity index (χ1) is 8.59. The molecule has 1 aromatic carbocycles. The summed E-state index contributed by atoms with van der Waals surface area (Å²) >= 11 is 3.36. The number of hydrogen-bond donors (Lipinski definition) is 2. The van der Waals surface area contributed by atoms with E-state index in [1.165, 1.54) is 23.7 Å². The molecule has 1 aromatic heterocycles. The van der Waals surface area contributed by atoms with Crippen LogP contribution < -0.4 is 5.73 Å². The van der Waals surface area contributed by atoms with E-state index in [-0.39, 0.29) is 5.82 Å². The predicted octanol–water partition coefficient (Wildman–Crippen LogP) is 3.88. The van der Waals surface area contributed by atoms with Crippen LogP contribution in [0.4, 0.5) is 4.39 Å². The van der Waals surface area contributed by atoms with Gasteiger partial charge >= 0.3 is 0 Å². The number of aromatic nitrogens is 1. The average Bonchev–Trinajstić information content (AvgIpc) is 2.72. The van der Waals surface area contributed by atoms with Gasteiger partial charge in [-0.25, -0.2) is 4.39 Å². The van der Waals surface area contributed by atoms with E-state index in [1.54, 1.807) is 0 Å². The van der Waals surface area contributed by atoms with Crippen LogP contribution in [0.25, 0.3) is 16.6 Å². The van der Waals surface area contributed by atoms with Crippen LogP contribution in [0, 0.1) is 5.82 Å². The molecule has 2 aromatic rings. The molecule has 1 heterocycles. The number of rotatable bonds is 1. The summed E-state index contributed by atoms with van der Waals surface area (Å²) in [5, 5.41) is 0.936. The van der Waals surface area contributed by atoms with Crippen molar-refractivity contribution < 1.29 is 4.39 Å². The second-order valence-electron chi connectivity index (χ2n) is 4.78. The number of aromatic amines is 1. The molecule has 0 saturated carbocycles. The maximum absolute atomic E-state index is 14.0. The highest BCUT2D eigenvalue weighted by Crippen LogP contribution is 2.38. The van der Waals surface area contributed by atoms with Gasteiger partial charge in [0, 0.05) is 22.3 Å². The van der Waals surface area contributed by atoms with Gasteiger partial charge in [-0.2, -0.15) is 0 Å². The maximum Gasteiger partial charge on any atom is 0.138 e. The fourth-order valence-corrected chi connectivity index (χ4v) is 3.31. The minimum Gasteiger partial charge on any atom is -0.399 e. The van der Waals surface area contributed by atoms with E-state index >= 15 is 0 Å². The highest BCUT2D eigenvalue weighted by Gasteiger charge is 2.21. The average molecular weight is 309 g/mol. The van der Waals surface area contributed by atoms with E-state index in [9.17, 15) is 4.39 Å². The fraction of sp³-hybridized carbons (Fsp3) is 0.286. The maximum atomic E-state index is 14.0. The number of benzene rings is 1. The van der Waals surface area contributed by atoms with Gasteiger partial charge in [-0.15, -0.1) is 0 Å². The lowest BCUT2D eigenvalue weighted by atomic mass is 9.95. The monoisotopic (exact) mass is 308 g/mol. The second kappa shape index (κ2) is 4.12. The molecule has 0 fully saturated rings. The smallest absolute Gasteiger partial charge is 0.138 e. The van der Waals surface area contributed by atoms with Crippen molar-refractivity contribution in [3.8, 4) is 0 Å². The van der Waals surface area contributed by atoms with E-state index in [1.807, 2.05) is 0 Å². The van der Waals surface area contributed by atoms with E-state index in [4.69, 9.17) is 5.73 Å². The Hall–Kier alpha value is -1.29. The second-order valence-corrected chi connectivity index (χ2v) is 5.58. The highest BCUT2D eigenvalue weighted by atomic mass is 79.9. The molecular weight excluding hydrogens is 295 g/mol. The lowest BCUT2D eigenvalue weighted by Crippen LogP contribution is -2.00. The summed E-state index contributed by atoms with van der Waals surface area (Å²) in [6, 6.07) is 1.44. The zero-order valence-electron chi connectivity index (χ0n) is 9.95. The van der Waals surface area contributed by atoms with Gasteiger partial charge in [0.15, 0.2) is 0 Å². The normalized spacial score (nSPS) is 14.8. The third kappa shape index (κ3) is 1.59. The number of aryl methyl sites for hydroxylation is 2. The first-order valence-corrected chi connectivity index (χ1v) is 6.85. The van der Waals surface area contributed by atoms with E-state index in [0.717, 1.165) is 30.2 Å². The largest absolute Gasteiger partial charge is 0.399 e. The summed E-state index contributed by atoms with van der Waals surface area (Å²) in [5.74, 6) is -0.281. The Balaban J connectivity index is 2.43. The van der Waals surface area contributed by atoms with Crippen molar-refractivity contribution in [1.82, 2.24) is 4.98 Å². The molecular formula is C14H14BrFN2. The van der Waals surface area contributed by atoms with Crippen molar-refractivity contribution in [3.05, 3.63) is 39.8 Å². The number of H-pyrrole nitrogens is 1. The van der Waals surface area contributed by atoms with Crippen molar-refractivity contribution in [2.24, 2.45) is 5.73 Å². The SMILES string of the molecule is C=C(N)c1cc(F)c(Br)c2c3c([nH]c12)CCCC3. The molecule has 0 atom stereocenters. The van der Waals surface area contributed by atoms with Crippen LogP contribution >= 0.6 is 15.9 Å². The molecule has 3 rings (SSSR count). The Morgan fingerprint density at radius 3 is 2.83 bits per heavy atom. The lowest BCUT2D eigenvalue weighted by Gasteiger charge is -2.11. The summed E-state index contributed by atoms with van der Waals surface area (Å²) in [5.41, 5.74) is 10.2. The Kier molecular flexibility index (Phi) is 2.70. The number of hydrogen-bond acceptors (Lipinski definition) is 1. The van der Waals surface area contributed by atoms with Crippen LogP contribution in [0.2, 0.25) is 0 Å². The molecule has 3 N–H and O–H groups in total. The van der Waals surface area contributed by atoms with Gasteiger partial charge in [-0.1, -0.05) is 6.58 Å². The van der Waals surface area contributed by atoms with Crippen molar-refractivity contribution >= 4 is 32.5 Å².